The van der Waals surface area contributed by atoms with E-state index in [4.69, 9.17) is 11.6 Å². The Kier molecular flexibility index (Phi) is 4.67. The number of methoxy groups -OCH3 is 1. The van der Waals surface area contributed by atoms with Gasteiger partial charge in [-0.15, -0.1) is 0 Å². The molecule has 0 saturated carbocycles. The molecule has 0 amide bonds. The van der Waals surface area contributed by atoms with Gasteiger partial charge in [0, 0.05) is 5.56 Å². The highest BCUT2D eigenvalue weighted by Gasteiger charge is 2.38. The number of carbonyl (C=O) groups is 1. The van der Waals surface area contributed by atoms with E-state index in [2.05, 4.69) is 9.72 Å². The van der Waals surface area contributed by atoms with Crippen molar-refractivity contribution in [2.24, 2.45) is 0 Å². The van der Waals surface area contributed by atoms with Crippen LogP contribution in [-0.4, -0.2) is 18.1 Å². The number of esters is 1. The molecule has 0 atom stereocenters. The normalized spacial score (nSPS) is 11.8. The summed E-state index contributed by atoms with van der Waals surface area (Å²) in [7, 11) is 1.01. The Bertz CT molecular complexity index is 490. The van der Waals surface area contributed by atoms with Crippen molar-refractivity contribution in [1.82, 2.24) is 4.98 Å². The zero-order valence-corrected chi connectivity index (χ0v) is 10.1. The maximum absolute atomic E-state index is 12.6. The number of alkyl halides is 5. The number of hydrogen-bond acceptors (Lipinski definition) is 3. The molecule has 1 aromatic rings. The first kappa shape index (κ1) is 15.6. The van der Waals surface area contributed by atoms with E-state index in [1.165, 1.54) is 0 Å². The van der Waals surface area contributed by atoms with Crippen LogP contribution in [0.1, 0.15) is 23.4 Å². The lowest BCUT2D eigenvalue weighted by molar-refractivity contribution is -0.142. The van der Waals surface area contributed by atoms with Gasteiger partial charge in [-0.05, 0) is 6.07 Å². The van der Waals surface area contributed by atoms with Gasteiger partial charge >= 0.3 is 12.1 Å². The van der Waals surface area contributed by atoms with Gasteiger partial charge in [-0.1, -0.05) is 11.6 Å². The Morgan fingerprint density at radius 3 is 2.47 bits per heavy atom. The van der Waals surface area contributed by atoms with Crippen molar-refractivity contribution in [1.29, 1.82) is 0 Å². The fourth-order valence-electron chi connectivity index (χ4n) is 1.26. The van der Waals surface area contributed by atoms with Crippen molar-refractivity contribution in [3.8, 4) is 0 Å². The molecule has 0 aromatic carbocycles. The van der Waals surface area contributed by atoms with Crippen LogP contribution in [0.15, 0.2) is 6.07 Å². The van der Waals surface area contributed by atoms with Gasteiger partial charge in [0.2, 0.25) is 0 Å². The van der Waals surface area contributed by atoms with E-state index in [1.54, 1.807) is 0 Å². The van der Waals surface area contributed by atoms with Gasteiger partial charge in [0.05, 0.1) is 24.2 Å². The first-order valence-corrected chi connectivity index (χ1v) is 5.16. The highest BCUT2D eigenvalue weighted by molar-refractivity contribution is 6.32. The molecule has 0 saturated heterocycles. The number of carbonyl (C=O) groups excluding carboxylic acids is 1. The van der Waals surface area contributed by atoms with Crippen LogP contribution >= 0.6 is 11.6 Å². The molecule has 0 N–H and O–H groups in total. The van der Waals surface area contributed by atoms with Gasteiger partial charge in [-0.3, -0.25) is 4.79 Å². The molecule has 9 heteroatoms. The second-order valence-electron chi connectivity index (χ2n) is 3.42. The number of aromatic nitrogens is 1. The van der Waals surface area contributed by atoms with E-state index in [0.717, 1.165) is 7.11 Å². The number of nitrogens with zero attached hydrogens (tertiary/aromatic N) is 1. The molecule has 19 heavy (non-hydrogen) atoms. The largest absolute Gasteiger partial charge is 0.469 e. The van der Waals surface area contributed by atoms with E-state index in [1.807, 2.05) is 0 Å². The SMILES string of the molecule is COC(=O)Cc1cc(C(F)F)c(Cl)c(C(F)(F)F)n1. The summed E-state index contributed by atoms with van der Waals surface area (Å²) in [4.78, 5) is 14.0. The van der Waals surface area contributed by atoms with E-state index < -0.39 is 47.0 Å². The minimum atomic E-state index is -4.99. The molecule has 1 rings (SSSR count). The molecule has 3 nitrogen and oxygen atoms in total. The van der Waals surface area contributed by atoms with Crippen molar-refractivity contribution in [3.05, 3.63) is 28.0 Å². The number of pyridine rings is 1. The third kappa shape index (κ3) is 3.76. The first-order valence-electron chi connectivity index (χ1n) is 4.78. The molecule has 1 heterocycles. The maximum Gasteiger partial charge on any atom is 0.434 e. The highest BCUT2D eigenvalue weighted by Crippen LogP contribution is 2.38. The first-order chi connectivity index (χ1) is 8.66. The molecule has 106 valence electrons. The molecule has 0 fully saturated rings. The van der Waals surface area contributed by atoms with Crippen LogP contribution in [0.4, 0.5) is 22.0 Å². The summed E-state index contributed by atoms with van der Waals surface area (Å²) in [6.45, 7) is 0. The minimum Gasteiger partial charge on any atom is -0.469 e. The zero-order chi connectivity index (χ0) is 14.8. The van der Waals surface area contributed by atoms with Gasteiger partial charge in [0.15, 0.2) is 5.69 Å². The van der Waals surface area contributed by atoms with Crippen LogP contribution in [0.2, 0.25) is 5.02 Å². The maximum atomic E-state index is 12.6. The van der Waals surface area contributed by atoms with E-state index in [-0.39, 0.29) is 0 Å². The summed E-state index contributed by atoms with van der Waals surface area (Å²) in [5, 5.41) is -1.17. The molecule has 0 unspecified atom stereocenters. The number of hydrogen-bond donors (Lipinski definition) is 0. The van der Waals surface area contributed by atoms with Crippen LogP contribution in [0.25, 0.3) is 0 Å². The summed E-state index contributed by atoms with van der Waals surface area (Å²) >= 11 is 5.25. The third-order valence-corrected chi connectivity index (χ3v) is 2.49. The summed E-state index contributed by atoms with van der Waals surface area (Å²) < 4.78 is 67.2. The Hall–Kier alpha value is -1.44. The minimum absolute atomic E-state index is 0.487. The highest BCUT2D eigenvalue weighted by atomic mass is 35.5. The van der Waals surface area contributed by atoms with Crippen molar-refractivity contribution in [3.63, 3.8) is 0 Å². The average molecular weight is 304 g/mol. The fraction of sp³-hybridized carbons (Fsp3) is 0.400. The molecule has 0 radical (unpaired) electrons. The second kappa shape index (κ2) is 5.68. The second-order valence-corrected chi connectivity index (χ2v) is 3.79. The van der Waals surface area contributed by atoms with Crippen molar-refractivity contribution < 1.29 is 31.5 Å². The Balaban J connectivity index is 3.35. The number of halogens is 6. The quantitative estimate of drug-likeness (QED) is 0.634. The van der Waals surface area contributed by atoms with Crippen LogP contribution < -0.4 is 0 Å². The third-order valence-electron chi connectivity index (χ3n) is 2.10. The van der Waals surface area contributed by atoms with Crippen LogP contribution in [0, 0.1) is 0 Å². The molecule has 0 aliphatic carbocycles. The molecule has 0 aliphatic heterocycles. The van der Waals surface area contributed by atoms with E-state index in [0.29, 0.717) is 6.07 Å². The van der Waals surface area contributed by atoms with E-state index >= 15 is 0 Å². The van der Waals surface area contributed by atoms with Gasteiger partial charge in [0.25, 0.3) is 6.43 Å². The van der Waals surface area contributed by atoms with Gasteiger partial charge < -0.3 is 4.74 Å². The standard InChI is InChI=1S/C10H7ClF5NO2/c1-19-6(18)3-4-2-5(9(12)13)7(11)8(17-4)10(14,15)16/h2,9H,3H2,1H3. The fourth-order valence-corrected chi connectivity index (χ4v) is 1.55. The zero-order valence-electron chi connectivity index (χ0n) is 9.39. The van der Waals surface area contributed by atoms with Gasteiger partial charge in [-0.25, -0.2) is 13.8 Å². The predicted octanol–water partition coefficient (Wildman–Crippen LogP) is 3.41. The Morgan fingerprint density at radius 1 is 1.47 bits per heavy atom. The average Bonchev–Trinajstić information content (AvgIpc) is 2.29. The van der Waals surface area contributed by atoms with Gasteiger partial charge in [-0.2, -0.15) is 13.2 Å². The van der Waals surface area contributed by atoms with Gasteiger partial charge in [0.1, 0.15) is 0 Å². The summed E-state index contributed by atoms with van der Waals surface area (Å²) in [5.41, 5.74) is -3.16. The van der Waals surface area contributed by atoms with Crippen molar-refractivity contribution >= 4 is 17.6 Å². The van der Waals surface area contributed by atoms with Crippen LogP contribution in [0.5, 0.6) is 0 Å². The van der Waals surface area contributed by atoms with Crippen LogP contribution in [-0.2, 0) is 22.1 Å². The summed E-state index contributed by atoms with van der Waals surface area (Å²) in [6.07, 6.45) is -8.86. The summed E-state index contributed by atoms with van der Waals surface area (Å²) in [6, 6.07) is 0.652. The lowest BCUT2D eigenvalue weighted by Crippen LogP contribution is -2.15. The lowest BCUT2D eigenvalue weighted by Gasteiger charge is -2.13. The van der Waals surface area contributed by atoms with Crippen LogP contribution in [0.3, 0.4) is 0 Å². The van der Waals surface area contributed by atoms with Crippen molar-refractivity contribution in [2.45, 2.75) is 19.0 Å². The topological polar surface area (TPSA) is 39.2 Å². The lowest BCUT2D eigenvalue weighted by atomic mass is 10.1. The smallest absolute Gasteiger partial charge is 0.434 e. The molecule has 1 aromatic heterocycles. The molecule has 0 spiro atoms. The van der Waals surface area contributed by atoms with Crippen molar-refractivity contribution in [2.75, 3.05) is 7.11 Å². The predicted molar refractivity (Wildman–Crippen MR) is 54.9 cm³/mol. The number of rotatable bonds is 3. The monoisotopic (exact) mass is 303 g/mol. The Labute approximate surface area is 109 Å². The molecular weight excluding hydrogens is 297 g/mol. The Morgan fingerprint density at radius 2 is 2.05 bits per heavy atom. The van der Waals surface area contributed by atoms with E-state index in [9.17, 15) is 26.7 Å². The molecular formula is C10H7ClF5NO2. The summed E-state index contributed by atoms with van der Waals surface area (Å²) in [5.74, 6) is -0.900. The number of ether oxygens (including phenoxy) is 1. The molecule has 0 aliphatic rings. The molecule has 0 bridgehead atoms.